The minimum Gasteiger partial charge on any atom is -0.0622 e. The molecule has 202 valence electrons. The summed E-state index contributed by atoms with van der Waals surface area (Å²) in [4.78, 5) is 0. The van der Waals surface area contributed by atoms with E-state index >= 15 is 0 Å². The molecule has 0 saturated carbocycles. The molecular formula is C43H30. The van der Waals surface area contributed by atoms with Gasteiger partial charge >= 0.3 is 0 Å². The van der Waals surface area contributed by atoms with Crippen molar-refractivity contribution in [2.45, 2.75) is 6.42 Å². The molecule has 0 radical (unpaired) electrons. The molecule has 43 heavy (non-hydrogen) atoms. The minimum absolute atomic E-state index is 0.821. The third-order valence-electron chi connectivity index (χ3n) is 8.76. The average molecular weight is 547 g/mol. The predicted molar refractivity (Wildman–Crippen MR) is 184 cm³/mol. The van der Waals surface area contributed by atoms with Crippen LogP contribution in [0.1, 0.15) is 33.4 Å². The van der Waals surface area contributed by atoms with Gasteiger partial charge in [0.1, 0.15) is 0 Å². The van der Waals surface area contributed by atoms with Gasteiger partial charge in [-0.1, -0.05) is 170 Å². The number of hydrogen-bond donors (Lipinski definition) is 0. The molecule has 8 rings (SSSR count). The molecular weight excluding hydrogens is 516 g/mol. The first kappa shape index (κ1) is 25.3. The molecule has 0 unspecified atom stereocenters. The van der Waals surface area contributed by atoms with Crippen molar-refractivity contribution in [3.05, 3.63) is 203 Å². The van der Waals surface area contributed by atoms with E-state index in [0.717, 1.165) is 6.42 Å². The van der Waals surface area contributed by atoms with E-state index in [1.807, 2.05) is 0 Å². The molecule has 0 aliphatic heterocycles. The zero-order chi connectivity index (χ0) is 28.6. The van der Waals surface area contributed by atoms with E-state index in [-0.39, 0.29) is 0 Å². The second-order valence-electron chi connectivity index (χ2n) is 11.2. The van der Waals surface area contributed by atoms with E-state index < -0.39 is 0 Å². The number of hydrogen-bond acceptors (Lipinski definition) is 0. The predicted octanol–water partition coefficient (Wildman–Crippen LogP) is 11.1. The largest absolute Gasteiger partial charge is 0.0622 e. The van der Waals surface area contributed by atoms with E-state index in [1.54, 1.807) is 0 Å². The molecule has 1 aliphatic carbocycles. The van der Waals surface area contributed by atoms with Crippen molar-refractivity contribution in [1.82, 2.24) is 0 Å². The summed E-state index contributed by atoms with van der Waals surface area (Å²) in [6.45, 7) is 0. The van der Waals surface area contributed by atoms with Gasteiger partial charge in [0.25, 0.3) is 0 Å². The number of fused-ring (bicyclic) bond motifs is 6. The minimum atomic E-state index is 0.821. The summed E-state index contributed by atoms with van der Waals surface area (Å²) in [7, 11) is 0. The van der Waals surface area contributed by atoms with Gasteiger partial charge in [-0.2, -0.15) is 0 Å². The Hall–Kier alpha value is -5.46. The van der Waals surface area contributed by atoms with Crippen LogP contribution in [0.2, 0.25) is 0 Å². The van der Waals surface area contributed by atoms with Gasteiger partial charge in [0.05, 0.1) is 0 Å². The molecule has 0 fully saturated rings. The molecule has 0 spiro atoms. The van der Waals surface area contributed by atoms with Crippen molar-refractivity contribution in [2.75, 3.05) is 0 Å². The van der Waals surface area contributed by atoms with Gasteiger partial charge in [-0.15, -0.1) is 0 Å². The quantitative estimate of drug-likeness (QED) is 0.193. The molecule has 0 heterocycles. The van der Waals surface area contributed by atoms with Crippen LogP contribution in [0.15, 0.2) is 170 Å². The molecule has 0 nitrogen and oxygen atoms in total. The summed E-state index contributed by atoms with van der Waals surface area (Å²) in [5.41, 5.74) is 12.8. The summed E-state index contributed by atoms with van der Waals surface area (Å²) < 4.78 is 0. The summed E-state index contributed by atoms with van der Waals surface area (Å²) in [6, 6.07) is 61.9. The lowest BCUT2D eigenvalue weighted by Crippen LogP contribution is -2.00. The Bertz CT molecular complexity index is 2150. The van der Waals surface area contributed by atoms with Crippen LogP contribution in [-0.4, -0.2) is 0 Å². The number of allylic oxidation sites excluding steroid dienone is 3. The van der Waals surface area contributed by atoms with Crippen LogP contribution in [0.3, 0.4) is 0 Å². The zero-order valence-electron chi connectivity index (χ0n) is 23.9. The third kappa shape index (κ3) is 4.31. The highest BCUT2D eigenvalue weighted by atomic mass is 14.3. The van der Waals surface area contributed by atoms with Crippen LogP contribution < -0.4 is 0 Å². The summed E-state index contributed by atoms with van der Waals surface area (Å²) >= 11 is 0. The highest BCUT2D eigenvalue weighted by Gasteiger charge is 2.30. The first-order valence-electron chi connectivity index (χ1n) is 15.0. The molecule has 7 aromatic rings. The topological polar surface area (TPSA) is 0 Å². The molecule has 0 aromatic heterocycles. The smallest absolute Gasteiger partial charge is 0.0000877 e. The van der Waals surface area contributed by atoms with Crippen LogP contribution in [0.4, 0.5) is 0 Å². The lowest BCUT2D eigenvalue weighted by Gasteiger charge is -2.22. The molecule has 0 bridgehead atoms. The Morgan fingerprint density at radius 1 is 0.279 bits per heavy atom. The van der Waals surface area contributed by atoms with Gasteiger partial charge in [-0.3, -0.25) is 0 Å². The highest BCUT2D eigenvalue weighted by molar-refractivity contribution is 6.29. The Balaban J connectivity index is 1.67. The van der Waals surface area contributed by atoms with E-state index in [1.165, 1.54) is 77.2 Å². The Morgan fingerprint density at radius 2 is 0.651 bits per heavy atom. The number of benzene rings is 7. The van der Waals surface area contributed by atoms with Gasteiger partial charge in [0.15, 0.2) is 0 Å². The number of rotatable bonds is 4. The van der Waals surface area contributed by atoms with E-state index in [0.29, 0.717) is 0 Å². The average Bonchev–Trinajstić information content (AvgIpc) is 3.26. The fourth-order valence-corrected chi connectivity index (χ4v) is 6.95. The van der Waals surface area contributed by atoms with Gasteiger partial charge in [0, 0.05) is 0 Å². The SMILES string of the molecule is c1ccc(C2=C(c3ccccc3)C(c3ccccc3)=C(c3ccccc3)c3c(c4ccccc4c4ccccc34)C2)cc1. The van der Waals surface area contributed by atoms with Gasteiger partial charge in [-0.25, -0.2) is 0 Å². The van der Waals surface area contributed by atoms with E-state index in [2.05, 4.69) is 170 Å². The van der Waals surface area contributed by atoms with Crippen molar-refractivity contribution >= 4 is 43.8 Å². The molecule has 0 N–H and O–H groups in total. The van der Waals surface area contributed by atoms with E-state index in [4.69, 9.17) is 0 Å². The second kappa shape index (κ2) is 10.7. The fourth-order valence-electron chi connectivity index (χ4n) is 6.95. The zero-order valence-corrected chi connectivity index (χ0v) is 23.9. The molecule has 0 heteroatoms. The van der Waals surface area contributed by atoms with Crippen molar-refractivity contribution in [2.24, 2.45) is 0 Å². The highest BCUT2D eigenvalue weighted by Crippen LogP contribution is 2.51. The fraction of sp³-hybridized carbons (Fsp3) is 0.0233. The van der Waals surface area contributed by atoms with E-state index in [9.17, 15) is 0 Å². The summed E-state index contributed by atoms with van der Waals surface area (Å²) in [5.74, 6) is 0. The molecule has 0 atom stereocenters. The van der Waals surface area contributed by atoms with Crippen molar-refractivity contribution in [3.63, 3.8) is 0 Å². The molecule has 0 amide bonds. The molecule has 1 aliphatic rings. The first-order chi connectivity index (χ1) is 21.4. The van der Waals surface area contributed by atoms with Crippen LogP contribution in [0.5, 0.6) is 0 Å². The lowest BCUT2D eigenvalue weighted by atomic mass is 9.80. The molecule has 0 saturated heterocycles. The first-order valence-corrected chi connectivity index (χ1v) is 15.0. The Labute approximate surface area is 252 Å². The normalized spacial score (nSPS) is 13.3. The van der Waals surface area contributed by atoms with Crippen molar-refractivity contribution in [3.8, 4) is 0 Å². The van der Waals surface area contributed by atoms with Crippen LogP contribution >= 0.6 is 0 Å². The lowest BCUT2D eigenvalue weighted by molar-refractivity contribution is 1.31. The monoisotopic (exact) mass is 546 g/mol. The Kier molecular flexibility index (Phi) is 6.31. The van der Waals surface area contributed by atoms with Crippen molar-refractivity contribution < 1.29 is 0 Å². The standard InChI is InChI=1S/C43H30/c1-5-17-30(18-6-1)38-29-39-36-27-14-13-25-34(36)35-26-15-16-28-37(35)43(39)42(33-23-11-4-12-24-33)41(32-21-9-3-10-22-32)40(38)31-19-7-2-8-20-31/h1-28H,29H2. The van der Waals surface area contributed by atoms with Crippen LogP contribution in [-0.2, 0) is 6.42 Å². The maximum Gasteiger partial charge on any atom is -0.0000877 e. The van der Waals surface area contributed by atoms with Gasteiger partial charge in [-0.05, 0) is 83.6 Å². The summed E-state index contributed by atoms with van der Waals surface area (Å²) in [6.07, 6.45) is 0.821. The Morgan fingerprint density at radius 3 is 1.19 bits per heavy atom. The second-order valence-corrected chi connectivity index (χ2v) is 11.2. The molecule has 7 aromatic carbocycles. The van der Waals surface area contributed by atoms with Gasteiger partial charge < -0.3 is 0 Å². The third-order valence-corrected chi connectivity index (χ3v) is 8.76. The maximum atomic E-state index is 2.32. The maximum absolute atomic E-state index is 2.32. The van der Waals surface area contributed by atoms with Crippen LogP contribution in [0, 0.1) is 0 Å². The van der Waals surface area contributed by atoms with Gasteiger partial charge in [0.2, 0.25) is 0 Å². The van der Waals surface area contributed by atoms with Crippen LogP contribution in [0.25, 0.3) is 43.8 Å². The summed E-state index contributed by atoms with van der Waals surface area (Å²) in [5, 5.41) is 5.22. The van der Waals surface area contributed by atoms with Crippen molar-refractivity contribution in [1.29, 1.82) is 0 Å².